The average Bonchev–Trinajstić information content (AvgIpc) is 2.91. The average molecular weight is 266 g/mol. The SMILES string of the molecule is C=C/C=C\C(C)C(O)c1cocc1C(O)C(O)CC. The van der Waals surface area contributed by atoms with Gasteiger partial charge >= 0.3 is 0 Å². The highest BCUT2D eigenvalue weighted by molar-refractivity contribution is 5.28. The number of hydrogen-bond acceptors (Lipinski definition) is 4. The van der Waals surface area contributed by atoms with Gasteiger partial charge in [-0.3, -0.25) is 0 Å². The van der Waals surface area contributed by atoms with E-state index in [0.29, 0.717) is 17.5 Å². The van der Waals surface area contributed by atoms with Crippen molar-refractivity contribution < 1.29 is 19.7 Å². The van der Waals surface area contributed by atoms with Crippen molar-refractivity contribution in [1.82, 2.24) is 0 Å². The zero-order chi connectivity index (χ0) is 14.4. The molecule has 0 aliphatic carbocycles. The fourth-order valence-corrected chi connectivity index (χ4v) is 1.87. The molecule has 4 heteroatoms. The second kappa shape index (κ2) is 7.28. The lowest BCUT2D eigenvalue weighted by Gasteiger charge is -2.20. The van der Waals surface area contributed by atoms with Gasteiger partial charge in [0.2, 0.25) is 0 Å². The van der Waals surface area contributed by atoms with Crippen molar-refractivity contribution in [2.24, 2.45) is 5.92 Å². The van der Waals surface area contributed by atoms with E-state index >= 15 is 0 Å². The normalized spacial score (nSPS) is 18.2. The van der Waals surface area contributed by atoms with Crippen molar-refractivity contribution in [3.05, 3.63) is 48.5 Å². The summed E-state index contributed by atoms with van der Waals surface area (Å²) < 4.78 is 5.06. The summed E-state index contributed by atoms with van der Waals surface area (Å²) in [5.41, 5.74) is 0.932. The maximum atomic E-state index is 10.3. The summed E-state index contributed by atoms with van der Waals surface area (Å²) in [7, 11) is 0. The van der Waals surface area contributed by atoms with Gasteiger partial charge in [0.25, 0.3) is 0 Å². The fraction of sp³-hybridized carbons (Fsp3) is 0.467. The minimum atomic E-state index is -1.05. The quantitative estimate of drug-likeness (QED) is 0.663. The summed E-state index contributed by atoms with van der Waals surface area (Å²) in [4.78, 5) is 0. The van der Waals surface area contributed by atoms with Crippen LogP contribution in [0.5, 0.6) is 0 Å². The topological polar surface area (TPSA) is 73.8 Å². The molecular formula is C15H22O4. The number of rotatable bonds is 7. The summed E-state index contributed by atoms with van der Waals surface area (Å²) in [6.07, 6.45) is 5.68. The maximum Gasteiger partial charge on any atom is 0.108 e. The van der Waals surface area contributed by atoms with E-state index in [9.17, 15) is 15.3 Å². The molecule has 1 rings (SSSR count). The Morgan fingerprint density at radius 1 is 1.21 bits per heavy atom. The van der Waals surface area contributed by atoms with Crippen molar-refractivity contribution in [3.8, 4) is 0 Å². The van der Waals surface area contributed by atoms with Gasteiger partial charge in [-0.05, 0) is 6.42 Å². The van der Waals surface area contributed by atoms with Crippen LogP contribution in [0.3, 0.4) is 0 Å². The van der Waals surface area contributed by atoms with E-state index in [-0.39, 0.29) is 5.92 Å². The molecular weight excluding hydrogens is 244 g/mol. The highest BCUT2D eigenvalue weighted by Crippen LogP contribution is 2.32. The first-order valence-electron chi connectivity index (χ1n) is 6.42. The van der Waals surface area contributed by atoms with Crippen LogP contribution in [0, 0.1) is 5.92 Å². The first-order valence-corrected chi connectivity index (χ1v) is 6.42. The molecule has 0 spiro atoms. The summed E-state index contributed by atoms with van der Waals surface area (Å²) in [5, 5.41) is 29.9. The van der Waals surface area contributed by atoms with Crippen LogP contribution in [0.2, 0.25) is 0 Å². The second-order valence-electron chi connectivity index (χ2n) is 4.63. The minimum absolute atomic E-state index is 0.152. The summed E-state index contributed by atoms with van der Waals surface area (Å²) >= 11 is 0. The Kier molecular flexibility index (Phi) is 6.02. The van der Waals surface area contributed by atoms with Gasteiger partial charge in [-0.15, -0.1) is 0 Å². The molecule has 0 saturated carbocycles. The third-order valence-corrected chi connectivity index (χ3v) is 3.19. The third kappa shape index (κ3) is 3.80. The van der Waals surface area contributed by atoms with Crippen LogP contribution in [-0.4, -0.2) is 21.4 Å². The lowest BCUT2D eigenvalue weighted by molar-refractivity contribution is 0.0138. The molecule has 106 valence electrons. The molecule has 0 aliphatic rings. The van der Waals surface area contributed by atoms with E-state index < -0.39 is 18.3 Å². The smallest absolute Gasteiger partial charge is 0.108 e. The lowest BCUT2D eigenvalue weighted by atomic mass is 9.92. The lowest BCUT2D eigenvalue weighted by Crippen LogP contribution is -2.19. The molecule has 0 bridgehead atoms. The van der Waals surface area contributed by atoms with Gasteiger partial charge in [0, 0.05) is 17.0 Å². The van der Waals surface area contributed by atoms with Crippen LogP contribution < -0.4 is 0 Å². The highest BCUT2D eigenvalue weighted by atomic mass is 16.3. The molecule has 0 aromatic carbocycles. The Morgan fingerprint density at radius 2 is 1.79 bits per heavy atom. The van der Waals surface area contributed by atoms with Crippen LogP contribution in [0.25, 0.3) is 0 Å². The maximum absolute atomic E-state index is 10.3. The first-order chi connectivity index (χ1) is 9.02. The zero-order valence-corrected chi connectivity index (χ0v) is 11.4. The number of hydrogen-bond donors (Lipinski definition) is 3. The van der Waals surface area contributed by atoms with E-state index in [1.54, 1.807) is 19.1 Å². The molecule has 0 saturated heterocycles. The van der Waals surface area contributed by atoms with E-state index in [2.05, 4.69) is 6.58 Å². The van der Waals surface area contributed by atoms with Gasteiger partial charge in [-0.2, -0.15) is 0 Å². The summed E-state index contributed by atoms with van der Waals surface area (Å²) in [6, 6.07) is 0. The highest BCUT2D eigenvalue weighted by Gasteiger charge is 2.26. The zero-order valence-electron chi connectivity index (χ0n) is 11.4. The molecule has 1 heterocycles. The van der Waals surface area contributed by atoms with Crippen molar-refractivity contribution >= 4 is 0 Å². The minimum Gasteiger partial charge on any atom is -0.472 e. The molecule has 0 amide bonds. The van der Waals surface area contributed by atoms with Crippen molar-refractivity contribution in [2.75, 3.05) is 0 Å². The molecule has 4 atom stereocenters. The largest absolute Gasteiger partial charge is 0.472 e. The van der Waals surface area contributed by atoms with Crippen LogP contribution in [0.1, 0.15) is 43.6 Å². The number of allylic oxidation sites excluding steroid dienone is 2. The van der Waals surface area contributed by atoms with Gasteiger partial charge in [-0.25, -0.2) is 0 Å². The van der Waals surface area contributed by atoms with Crippen LogP contribution >= 0.6 is 0 Å². The molecule has 1 aromatic heterocycles. The van der Waals surface area contributed by atoms with Crippen molar-refractivity contribution in [1.29, 1.82) is 0 Å². The predicted octanol–water partition coefficient (Wildman–Crippen LogP) is 2.50. The fourth-order valence-electron chi connectivity index (χ4n) is 1.87. The molecule has 19 heavy (non-hydrogen) atoms. The van der Waals surface area contributed by atoms with Crippen LogP contribution in [0.15, 0.2) is 41.8 Å². The molecule has 0 aliphatic heterocycles. The monoisotopic (exact) mass is 266 g/mol. The van der Waals surface area contributed by atoms with Gasteiger partial charge in [0.1, 0.15) is 6.10 Å². The summed E-state index contributed by atoms with van der Waals surface area (Å²) in [5.74, 6) is -0.152. The molecule has 3 N–H and O–H groups in total. The molecule has 4 nitrogen and oxygen atoms in total. The van der Waals surface area contributed by atoms with Gasteiger partial charge in [0.15, 0.2) is 0 Å². The molecule has 4 unspecified atom stereocenters. The number of aliphatic hydroxyl groups excluding tert-OH is 3. The van der Waals surface area contributed by atoms with E-state index in [1.165, 1.54) is 12.5 Å². The molecule has 1 aromatic rings. The van der Waals surface area contributed by atoms with Crippen LogP contribution in [0.4, 0.5) is 0 Å². The Morgan fingerprint density at radius 3 is 2.32 bits per heavy atom. The first kappa shape index (κ1) is 15.7. The van der Waals surface area contributed by atoms with Gasteiger partial charge < -0.3 is 19.7 Å². The Hall–Kier alpha value is -1.36. The summed E-state index contributed by atoms with van der Waals surface area (Å²) in [6.45, 7) is 7.20. The Labute approximate surface area is 113 Å². The molecule has 0 radical (unpaired) electrons. The van der Waals surface area contributed by atoms with Gasteiger partial charge in [0.05, 0.1) is 24.7 Å². The Bertz CT molecular complexity index is 422. The Balaban J connectivity index is 2.93. The number of aliphatic hydroxyl groups is 3. The number of furan rings is 1. The van der Waals surface area contributed by atoms with E-state index in [0.717, 1.165) is 0 Å². The van der Waals surface area contributed by atoms with Crippen molar-refractivity contribution in [3.63, 3.8) is 0 Å². The second-order valence-corrected chi connectivity index (χ2v) is 4.63. The van der Waals surface area contributed by atoms with Gasteiger partial charge in [-0.1, -0.05) is 38.7 Å². The van der Waals surface area contributed by atoms with Crippen LogP contribution in [-0.2, 0) is 0 Å². The van der Waals surface area contributed by atoms with E-state index in [4.69, 9.17) is 4.42 Å². The standard InChI is InChI=1S/C15H22O4/c1-4-6-7-10(3)14(17)11-8-19-9-12(11)15(18)13(16)5-2/h4,6-10,13-18H,1,5H2,2-3H3/b7-6-. The molecule has 0 fully saturated rings. The van der Waals surface area contributed by atoms with E-state index in [1.807, 2.05) is 13.0 Å². The third-order valence-electron chi connectivity index (χ3n) is 3.19. The predicted molar refractivity (Wildman–Crippen MR) is 73.4 cm³/mol. The van der Waals surface area contributed by atoms with Crippen molar-refractivity contribution in [2.45, 2.75) is 38.6 Å².